The molecule has 0 aliphatic carbocycles. The minimum absolute atomic E-state index is 0.412. The van der Waals surface area contributed by atoms with Gasteiger partial charge in [0.15, 0.2) is 0 Å². The van der Waals surface area contributed by atoms with Gasteiger partial charge in [-0.1, -0.05) is 0 Å². The number of benzene rings is 3. The van der Waals surface area contributed by atoms with E-state index >= 15 is 0 Å². The summed E-state index contributed by atoms with van der Waals surface area (Å²) in [7, 11) is 0. The first-order valence-electron chi connectivity index (χ1n) is 17.1. The summed E-state index contributed by atoms with van der Waals surface area (Å²) in [5.74, 6) is 2.54. The van der Waals surface area contributed by atoms with Crippen molar-refractivity contribution in [2.75, 3.05) is 8.13 Å². The second-order valence-corrected chi connectivity index (χ2v) is 16.4. The predicted octanol–water partition coefficient (Wildman–Crippen LogP) is 12.6. The summed E-state index contributed by atoms with van der Waals surface area (Å²) in [6, 6.07) is 20.4. The van der Waals surface area contributed by atoms with E-state index in [1.54, 1.807) is 0 Å². The van der Waals surface area contributed by atoms with Crippen LogP contribution in [0.4, 0.5) is 17.1 Å². The van der Waals surface area contributed by atoms with Crippen LogP contribution in [0.3, 0.4) is 0 Å². The molecule has 0 aliphatic heterocycles. The molecule has 3 rings (SSSR count). The number of aliphatic imine (C=N–C) groups is 1. The first-order chi connectivity index (χ1) is 21.1. The standard InChI is InChI=1S/C41H59GeN3/c1-25(2)33-18-15-19-34(26(3)4)39(33)43-31(13)24-32(14)45(41-37(29(9)10)22-17-23-38(41)30(11)12)42-44-40-35(27(5)6)20-16-21-36(40)28(7)8/h15-30,44H,1-14H3/b32-24-,43-31?. The van der Waals surface area contributed by atoms with E-state index in [0.29, 0.717) is 35.5 Å². The fourth-order valence-corrected chi connectivity index (χ4v) is 8.47. The summed E-state index contributed by atoms with van der Waals surface area (Å²) in [5, 5.41) is 0. The molecule has 3 nitrogen and oxygen atoms in total. The SMILES string of the molecule is CC(/C=C(/C)[N]([Ge][NH]c1c(C(C)C)cccc1C(C)C)c1c(C(C)C)cccc1C(C)C)=Nc1c(C(C)C)cccc1C(C)C. The van der Waals surface area contributed by atoms with Crippen LogP contribution < -0.4 is 8.13 Å². The average molecular weight is 667 g/mol. The van der Waals surface area contributed by atoms with Gasteiger partial charge in [0.25, 0.3) is 0 Å². The molecule has 0 spiro atoms. The van der Waals surface area contributed by atoms with Crippen molar-refractivity contribution in [3.8, 4) is 0 Å². The number of rotatable bonds is 13. The van der Waals surface area contributed by atoms with Crippen molar-refractivity contribution >= 4 is 38.7 Å². The molecule has 0 aromatic heterocycles. The maximum absolute atomic E-state index is 5.33. The molecule has 4 heteroatoms. The second-order valence-electron chi connectivity index (χ2n) is 14.4. The zero-order valence-electron chi connectivity index (χ0n) is 30.6. The van der Waals surface area contributed by atoms with Crippen molar-refractivity contribution in [1.82, 2.24) is 0 Å². The third kappa shape index (κ3) is 8.94. The van der Waals surface area contributed by atoms with Gasteiger partial charge >= 0.3 is 284 Å². The van der Waals surface area contributed by atoms with Crippen molar-refractivity contribution < 1.29 is 0 Å². The van der Waals surface area contributed by atoms with Gasteiger partial charge in [-0.15, -0.1) is 0 Å². The normalized spacial score (nSPS) is 12.9. The van der Waals surface area contributed by atoms with Gasteiger partial charge < -0.3 is 0 Å². The molecule has 0 heterocycles. The first kappa shape index (κ1) is 36.7. The van der Waals surface area contributed by atoms with E-state index in [9.17, 15) is 0 Å². The number of para-hydroxylation sites is 3. The van der Waals surface area contributed by atoms with Crippen LogP contribution in [-0.2, 0) is 0 Å². The van der Waals surface area contributed by atoms with E-state index in [2.05, 4.69) is 166 Å². The van der Waals surface area contributed by atoms with Crippen molar-refractivity contribution in [1.29, 1.82) is 0 Å². The Hall–Kier alpha value is -2.79. The first-order valence-corrected chi connectivity index (χ1v) is 19.1. The molecule has 0 atom stereocenters. The molecular weight excluding hydrogens is 607 g/mol. The second kappa shape index (κ2) is 16.2. The summed E-state index contributed by atoms with van der Waals surface area (Å²) in [4.78, 5) is 5.33. The number of nitrogens with one attached hydrogen (secondary N) is 1. The summed E-state index contributed by atoms with van der Waals surface area (Å²) >= 11 is -0.857. The summed E-state index contributed by atoms with van der Waals surface area (Å²) in [6.45, 7) is 32.0. The van der Waals surface area contributed by atoms with E-state index in [-0.39, 0.29) is 0 Å². The molecule has 1 N–H and O–H groups in total. The molecule has 3 aromatic carbocycles. The summed E-state index contributed by atoms with van der Waals surface area (Å²) in [6.07, 6.45) is 2.31. The van der Waals surface area contributed by atoms with Gasteiger partial charge in [-0.25, -0.2) is 0 Å². The van der Waals surface area contributed by atoms with Crippen LogP contribution in [0.1, 0.15) is 166 Å². The van der Waals surface area contributed by atoms with E-state index in [0.717, 1.165) is 11.4 Å². The Bertz CT molecular complexity index is 1410. The molecule has 0 saturated heterocycles. The molecule has 45 heavy (non-hydrogen) atoms. The molecule has 0 amide bonds. The Morgan fingerprint density at radius 1 is 0.578 bits per heavy atom. The van der Waals surface area contributed by atoms with Gasteiger partial charge in [-0.3, -0.25) is 0 Å². The molecule has 0 aliphatic rings. The zero-order valence-corrected chi connectivity index (χ0v) is 32.7. The fraction of sp³-hybridized carbons (Fsp3) is 0.488. The van der Waals surface area contributed by atoms with Crippen molar-refractivity contribution in [2.24, 2.45) is 4.99 Å². The summed E-state index contributed by atoms with van der Waals surface area (Å²) < 4.78 is 6.73. The summed E-state index contributed by atoms with van der Waals surface area (Å²) in [5.41, 5.74) is 14.4. The predicted molar refractivity (Wildman–Crippen MR) is 202 cm³/mol. The van der Waals surface area contributed by atoms with Crippen molar-refractivity contribution in [3.05, 3.63) is 99.8 Å². The number of hydrogen-bond acceptors (Lipinski definition) is 3. The molecule has 242 valence electrons. The minimum atomic E-state index is -0.857. The number of anilines is 2. The van der Waals surface area contributed by atoms with E-state index in [1.807, 2.05) is 0 Å². The molecule has 2 radical (unpaired) electrons. The Labute approximate surface area is 282 Å². The van der Waals surface area contributed by atoms with Crippen LogP contribution in [0, 0.1) is 0 Å². The molecule has 3 aromatic rings. The zero-order chi connectivity index (χ0) is 33.6. The molecular formula is C41H59GeN3. The van der Waals surface area contributed by atoms with E-state index < -0.39 is 15.9 Å². The third-order valence-corrected chi connectivity index (χ3v) is 11.1. The Morgan fingerprint density at radius 2 is 0.933 bits per heavy atom. The van der Waals surface area contributed by atoms with Crippen LogP contribution in [0.5, 0.6) is 0 Å². The quantitative estimate of drug-likeness (QED) is 0.145. The fourth-order valence-electron chi connectivity index (χ4n) is 6.11. The molecule has 0 bridgehead atoms. The molecule has 0 saturated carbocycles. The molecule has 0 fully saturated rings. The number of allylic oxidation sites excluding steroid dienone is 2. The van der Waals surface area contributed by atoms with Gasteiger partial charge in [-0.2, -0.15) is 0 Å². The Kier molecular flexibility index (Phi) is 13.2. The van der Waals surface area contributed by atoms with Crippen LogP contribution in [0.2, 0.25) is 0 Å². The van der Waals surface area contributed by atoms with Gasteiger partial charge in [0.05, 0.1) is 0 Å². The Balaban J connectivity index is 2.24. The van der Waals surface area contributed by atoms with Crippen LogP contribution in [0.15, 0.2) is 71.4 Å². The third-order valence-electron chi connectivity index (χ3n) is 8.63. The molecule has 0 unspecified atom stereocenters. The van der Waals surface area contributed by atoms with Gasteiger partial charge in [0.1, 0.15) is 0 Å². The number of nitrogens with zero attached hydrogens (tertiary/aromatic N) is 2. The maximum atomic E-state index is 5.33. The van der Waals surface area contributed by atoms with E-state index in [1.165, 1.54) is 50.5 Å². The van der Waals surface area contributed by atoms with Crippen LogP contribution in [-0.4, -0.2) is 21.6 Å². The average Bonchev–Trinajstić information content (AvgIpc) is 2.96. The van der Waals surface area contributed by atoms with Gasteiger partial charge in [0, 0.05) is 0 Å². The van der Waals surface area contributed by atoms with Crippen molar-refractivity contribution in [2.45, 2.75) is 132 Å². The topological polar surface area (TPSA) is 27.6 Å². The van der Waals surface area contributed by atoms with Gasteiger partial charge in [-0.05, 0) is 0 Å². The van der Waals surface area contributed by atoms with Gasteiger partial charge in [0.2, 0.25) is 0 Å². The number of hydrogen-bond donors (Lipinski definition) is 1. The van der Waals surface area contributed by atoms with Crippen LogP contribution in [0.25, 0.3) is 0 Å². The van der Waals surface area contributed by atoms with Crippen molar-refractivity contribution in [3.63, 3.8) is 0 Å². The Morgan fingerprint density at radius 3 is 1.31 bits per heavy atom. The monoisotopic (exact) mass is 667 g/mol. The van der Waals surface area contributed by atoms with E-state index in [4.69, 9.17) is 4.99 Å². The van der Waals surface area contributed by atoms with Crippen LogP contribution >= 0.6 is 0 Å².